The molecule has 1 aromatic carbocycles. The summed E-state index contributed by atoms with van der Waals surface area (Å²) >= 11 is 2.88. The molecule has 2 rings (SSSR count). The van der Waals surface area contributed by atoms with Gasteiger partial charge in [-0.2, -0.15) is 0 Å². The van der Waals surface area contributed by atoms with Gasteiger partial charge in [-0.05, 0) is 28.1 Å². The average Bonchev–Trinajstić information content (AvgIpc) is 2.46. The fourth-order valence-corrected chi connectivity index (χ4v) is 1.92. The summed E-state index contributed by atoms with van der Waals surface area (Å²) in [6.45, 7) is 0. The van der Waals surface area contributed by atoms with Gasteiger partial charge in [-0.3, -0.25) is 0 Å². The summed E-state index contributed by atoms with van der Waals surface area (Å²) < 4.78 is 31.8. The first-order valence-electron chi connectivity index (χ1n) is 5.68. The first-order chi connectivity index (χ1) is 9.93. The highest BCUT2D eigenvalue weighted by atomic mass is 79.9. The fourth-order valence-electron chi connectivity index (χ4n) is 1.61. The van der Waals surface area contributed by atoms with E-state index < -0.39 is 17.6 Å². The van der Waals surface area contributed by atoms with Crippen LogP contribution in [0.4, 0.5) is 26.0 Å². The highest BCUT2D eigenvalue weighted by molar-refractivity contribution is 9.10. The molecule has 2 aromatic rings. The number of aromatic nitrogens is 1. The molecule has 0 saturated carbocycles. The van der Waals surface area contributed by atoms with Gasteiger partial charge in [0.05, 0.1) is 28.5 Å². The van der Waals surface area contributed by atoms with E-state index in [4.69, 9.17) is 5.73 Å². The van der Waals surface area contributed by atoms with Crippen molar-refractivity contribution >= 4 is 39.1 Å². The lowest BCUT2D eigenvalue weighted by molar-refractivity contribution is 0.0602. The number of pyridine rings is 1. The van der Waals surface area contributed by atoms with Crippen molar-refractivity contribution in [2.45, 2.75) is 0 Å². The summed E-state index contributed by atoms with van der Waals surface area (Å²) in [4.78, 5) is 15.4. The maximum atomic E-state index is 13.8. The molecule has 0 unspecified atom stereocenters. The lowest BCUT2D eigenvalue weighted by atomic mass is 10.2. The summed E-state index contributed by atoms with van der Waals surface area (Å²) in [7, 11) is 1.21. The predicted molar refractivity (Wildman–Crippen MR) is 77.3 cm³/mol. The smallest absolute Gasteiger partial charge is 0.340 e. The van der Waals surface area contributed by atoms with E-state index in [1.165, 1.54) is 19.4 Å². The van der Waals surface area contributed by atoms with E-state index in [0.717, 1.165) is 12.1 Å². The molecule has 0 saturated heterocycles. The van der Waals surface area contributed by atoms with Crippen molar-refractivity contribution in [3.63, 3.8) is 0 Å². The van der Waals surface area contributed by atoms with Crippen molar-refractivity contribution in [2.75, 3.05) is 18.2 Å². The number of benzene rings is 1. The van der Waals surface area contributed by atoms with Gasteiger partial charge < -0.3 is 15.8 Å². The highest BCUT2D eigenvalue weighted by Crippen LogP contribution is 2.28. The van der Waals surface area contributed by atoms with Gasteiger partial charge in [0.25, 0.3) is 0 Å². The number of carbonyl (C=O) groups is 1. The molecule has 5 nitrogen and oxygen atoms in total. The molecule has 0 aliphatic rings. The zero-order valence-corrected chi connectivity index (χ0v) is 12.4. The van der Waals surface area contributed by atoms with Crippen LogP contribution < -0.4 is 11.1 Å². The van der Waals surface area contributed by atoms with E-state index in [1.807, 2.05) is 0 Å². The number of nitrogens with one attached hydrogen (secondary N) is 1. The van der Waals surface area contributed by atoms with Crippen LogP contribution in [0.15, 0.2) is 28.9 Å². The number of halogens is 3. The minimum Gasteiger partial charge on any atom is -0.465 e. The number of anilines is 3. The molecule has 0 spiro atoms. The number of rotatable bonds is 3. The van der Waals surface area contributed by atoms with Crippen molar-refractivity contribution in [3.05, 3.63) is 46.1 Å². The van der Waals surface area contributed by atoms with E-state index in [-0.39, 0.29) is 27.2 Å². The van der Waals surface area contributed by atoms with Crippen molar-refractivity contribution in [1.82, 2.24) is 4.98 Å². The molecule has 1 aromatic heterocycles. The van der Waals surface area contributed by atoms with E-state index in [2.05, 4.69) is 31.0 Å². The molecule has 110 valence electrons. The first kappa shape index (κ1) is 15.2. The van der Waals surface area contributed by atoms with Crippen LogP contribution in [0.1, 0.15) is 10.4 Å². The summed E-state index contributed by atoms with van der Waals surface area (Å²) in [5.41, 5.74) is 5.67. The minimum atomic E-state index is -0.701. The third-order valence-corrected chi connectivity index (χ3v) is 3.27. The molecule has 3 N–H and O–H groups in total. The van der Waals surface area contributed by atoms with E-state index in [1.54, 1.807) is 0 Å². The molecule has 0 fully saturated rings. The molecule has 8 heteroatoms. The molecule has 0 amide bonds. The number of carbonyl (C=O) groups excluding carboxylic acids is 1. The van der Waals surface area contributed by atoms with Gasteiger partial charge in [-0.25, -0.2) is 18.6 Å². The Morgan fingerprint density at radius 2 is 2.10 bits per heavy atom. The quantitative estimate of drug-likeness (QED) is 0.651. The van der Waals surface area contributed by atoms with Crippen LogP contribution in [0.25, 0.3) is 0 Å². The normalized spacial score (nSPS) is 10.3. The zero-order valence-electron chi connectivity index (χ0n) is 10.8. The Kier molecular flexibility index (Phi) is 4.37. The van der Waals surface area contributed by atoms with Gasteiger partial charge in [0.2, 0.25) is 0 Å². The first-order valence-corrected chi connectivity index (χ1v) is 6.47. The molecule has 1 heterocycles. The van der Waals surface area contributed by atoms with Crippen LogP contribution in [0, 0.1) is 11.6 Å². The third kappa shape index (κ3) is 3.10. The summed E-state index contributed by atoms with van der Waals surface area (Å²) in [5, 5.41) is 2.55. The van der Waals surface area contributed by atoms with Gasteiger partial charge >= 0.3 is 5.97 Å². The second kappa shape index (κ2) is 6.04. The molecule has 0 atom stereocenters. The summed E-state index contributed by atoms with van der Waals surface area (Å²) in [5.74, 6) is -1.98. The number of ether oxygens (including phenoxy) is 1. The second-order valence-electron chi connectivity index (χ2n) is 3.98. The Bertz CT molecular complexity index is 710. The molecule has 0 radical (unpaired) electrons. The van der Waals surface area contributed by atoms with Crippen molar-refractivity contribution in [1.29, 1.82) is 0 Å². The largest absolute Gasteiger partial charge is 0.465 e. The van der Waals surface area contributed by atoms with Crippen LogP contribution in [-0.4, -0.2) is 18.1 Å². The predicted octanol–water partition coefficient (Wildman–Crippen LogP) is 3.23. The maximum Gasteiger partial charge on any atom is 0.340 e. The molecule has 0 aliphatic carbocycles. The van der Waals surface area contributed by atoms with Crippen LogP contribution in [0.3, 0.4) is 0 Å². The minimum absolute atomic E-state index is 0.00482. The number of hydrogen-bond donors (Lipinski definition) is 2. The van der Waals surface area contributed by atoms with Crippen molar-refractivity contribution in [3.8, 4) is 0 Å². The van der Waals surface area contributed by atoms with E-state index >= 15 is 0 Å². The SMILES string of the molecule is COC(=O)c1ccnc(Nc2cc(F)c(Br)cc2F)c1N. The lowest BCUT2D eigenvalue weighted by Crippen LogP contribution is -2.09. The molecule has 0 bridgehead atoms. The van der Waals surface area contributed by atoms with E-state index in [0.29, 0.717) is 0 Å². The summed E-state index contributed by atoms with van der Waals surface area (Å²) in [6, 6.07) is 3.29. The number of nitrogen functional groups attached to an aromatic ring is 1. The van der Waals surface area contributed by atoms with Crippen molar-refractivity contribution in [2.24, 2.45) is 0 Å². The van der Waals surface area contributed by atoms with Crippen LogP contribution >= 0.6 is 15.9 Å². The Hall–Kier alpha value is -2.22. The molecule has 21 heavy (non-hydrogen) atoms. The van der Waals surface area contributed by atoms with Gasteiger partial charge in [0.15, 0.2) is 5.82 Å². The van der Waals surface area contributed by atoms with Crippen molar-refractivity contribution < 1.29 is 18.3 Å². The topological polar surface area (TPSA) is 77.2 Å². The maximum absolute atomic E-state index is 13.8. The Balaban J connectivity index is 2.41. The number of nitrogens with two attached hydrogens (primary N) is 1. The Labute approximate surface area is 127 Å². The summed E-state index contributed by atoms with van der Waals surface area (Å²) in [6.07, 6.45) is 1.30. The molecular weight excluding hydrogens is 348 g/mol. The fraction of sp³-hybridized carbons (Fsp3) is 0.0769. The van der Waals surface area contributed by atoms with Gasteiger partial charge in [0.1, 0.15) is 11.6 Å². The number of methoxy groups -OCH3 is 1. The number of hydrogen-bond acceptors (Lipinski definition) is 5. The number of nitrogens with zero attached hydrogens (tertiary/aromatic N) is 1. The van der Waals surface area contributed by atoms with Crippen LogP contribution in [0.5, 0.6) is 0 Å². The highest BCUT2D eigenvalue weighted by Gasteiger charge is 2.16. The standard InChI is InChI=1S/C13H10BrF2N3O2/c1-21-13(20)6-2-3-18-12(11(6)17)19-10-5-8(15)7(14)4-9(10)16/h2-5H,17H2,1H3,(H,18,19). The van der Waals surface area contributed by atoms with Gasteiger partial charge in [-0.15, -0.1) is 0 Å². The number of esters is 1. The van der Waals surface area contributed by atoms with Gasteiger partial charge in [0, 0.05) is 12.3 Å². The van der Waals surface area contributed by atoms with E-state index in [9.17, 15) is 13.6 Å². The Morgan fingerprint density at radius 3 is 2.76 bits per heavy atom. The molecule has 0 aliphatic heterocycles. The monoisotopic (exact) mass is 357 g/mol. The van der Waals surface area contributed by atoms with Crippen LogP contribution in [0.2, 0.25) is 0 Å². The average molecular weight is 358 g/mol. The Morgan fingerprint density at radius 1 is 1.38 bits per heavy atom. The molecular formula is C13H10BrF2N3O2. The zero-order chi connectivity index (χ0) is 15.6. The second-order valence-corrected chi connectivity index (χ2v) is 4.84. The van der Waals surface area contributed by atoms with Crippen LogP contribution in [-0.2, 0) is 4.74 Å². The third-order valence-electron chi connectivity index (χ3n) is 2.66. The lowest BCUT2D eigenvalue weighted by Gasteiger charge is -2.12. The van der Waals surface area contributed by atoms with Gasteiger partial charge in [-0.1, -0.05) is 0 Å².